The molecule has 122 valence electrons. The van der Waals surface area contributed by atoms with Crippen molar-refractivity contribution in [2.75, 3.05) is 18.9 Å². The zero-order valence-corrected chi connectivity index (χ0v) is 16.0. The number of benzene rings is 2. The Labute approximate surface area is 152 Å². The van der Waals surface area contributed by atoms with Crippen LogP contribution in [0.15, 0.2) is 45.3 Å². The number of nitrogens with one attached hydrogen (secondary N) is 1. The summed E-state index contributed by atoms with van der Waals surface area (Å²) < 4.78 is 14.6. The largest absolute Gasteiger partial charge is 0.323 e. The minimum atomic E-state index is -0.261. The average Bonchev–Trinajstić information content (AvgIpc) is 2.45. The number of likely N-dealkylation sites (N-methyl/N-ethyl adjacent to an activating group) is 1. The first-order valence-corrected chi connectivity index (χ1v) is 8.62. The molecule has 23 heavy (non-hydrogen) atoms. The van der Waals surface area contributed by atoms with Crippen LogP contribution < -0.4 is 5.32 Å². The molecule has 0 spiro atoms. The number of hydrogen-bond acceptors (Lipinski definition) is 2. The van der Waals surface area contributed by atoms with E-state index in [0.29, 0.717) is 6.54 Å². The highest BCUT2D eigenvalue weighted by Gasteiger charge is 2.12. The van der Waals surface area contributed by atoms with E-state index in [1.165, 1.54) is 12.1 Å². The average molecular weight is 444 g/mol. The summed E-state index contributed by atoms with van der Waals surface area (Å²) >= 11 is 6.92. The second kappa shape index (κ2) is 8.04. The van der Waals surface area contributed by atoms with Crippen LogP contribution >= 0.6 is 31.9 Å². The van der Waals surface area contributed by atoms with Crippen molar-refractivity contribution in [3.63, 3.8) is 0 Å². The molecule has 1 N–H and O–H groups in total. The van der Waals surface area contributed by atoms with Crippen molar-refractivity contribution in [1.29, 1.82) is 0 Å². The number of carbonyl (C=O) groups is 1. The van der Waals surface area contributed by atoms with E-state index in [4.69, 9.17) is 0 Å². The van der Waals surface area contributed by atoms with Gasteiger partial charge in [-0.2, -0.15) is 0 Å². The van der Waals surface area contributed by atoms with Crippen molar-refractivity contribution in [3.05, 3.63) is 62.3 Å². The normalized spacial score (nSPS) is 10.9. The van der Waals surface area contributed by atoms with Gasteiger partial charge in [-0.3, -0.25) is 9.69 Å². The SMILES string of the molecule is Cc1cc(Br)c(NC(=O)CN(C)Cc2ccc(F)cc2)c(Br)c1. The zero-order chi connectivity index (χ0) is 17.0. The lowest BCUT2D eigenvalue weighted by Gasteiger charge is -2.17. The van der Waals surface area contributed by atoms with Crippen LogP contribution in [-0.4, -0.2) is 24.4 Å². The van der Waals surface area contributed by atoms with Crippen LogP contribution in [0.1, 0.15) is 11.1 Å². The van der Waals surface area contributed by atoms with Gasteiger partial charge in [0, 0.05) is 15.5 Å². The lowest BCUT2D eigenvalue weighted by molar-refractivity contribution is -0.117. The molecular formula is C17H17Br2FN2O. The van der Waals surface area contributed by atoms with Crippen LogP contribution in [0.4, 0.5) is 10.1 Å². The fraction of sp³-hybridized carbons (Fsp3) is 0.235. The number of carbonyl (C=O) groups excluding carboxylic acids is 1. The Kier molecular flexibility index (Phi) is 6.33. The van der Waals surface area contributed by atoms with Crippen molar-refractivity contribution >= 4 is 43.5 Å². The predicted molar refractivity (Wildman–Crippen MR) is 97.9 cm³/mol. The Bertz CT molecular complexity index is 681. The highest BCUT2D eigenvalue weighted by atomic mass is 79.9. The molecule has 0 aromatic heterocycles. The second-order valence-corrected chi connectivity index (χ2v) is 7.16. The van der Waals surface area contributed by atoms with Gasteiger partial charge in [0.05, 0.1) is 12.2 Å². The van der Waals surface area contributed by atoms with Crippen LogP contribution in [0.2, 0.25) is 0 Å². The highest BCUT2D eigenvalue weighted by Crippen LogP contribution is 2.32. The molecule has 0 heterocycles. The molecule has 2 rings (SSSR count). The molecule has 3 nitrogen and oxygen atoms in total. The van der Waals surface area contributed by atoms with Gasteiger partial charge in [0.1, 0.15) is 5.82 Å². The van der Waals surface area contributed by atoms with Crippen molar-refractivity contribution in [2.24, 2.45) is 0 Å². The summed E-state index contributed by atoms with van der Waals surface area (Å²) in [7, 11) is 1.85. The van der Waals surface area contributed by atoms with Gasteiger partial charge in [0.15, 0.2) is 0 Å². The maximum absolute atomic E-state index is 12.9. The van der Waals surface area contributed by atoms with E-state index in [9.17, 15) is 9.18 Å². The molecule has 0 unspecified atom stereocenters. The summed E-state index contributed by atoms with van der Waals surface area (Å²) in [6.07, 6.45) is 0. The highest BCUT2D eigenvalue weighted by molar-refractivity contribution is 9.11. The molecule has 0 aliphatic carbocycles. The molecule has 0 saturated carbocycles. The van der Waals surface area contributed by atoms with E-state index >= 15 is 0 Å². The number of anilines is 1. The lowest BCUT2D eigenvalue weighted by atomic mass is 10.2. The van der Waals surface area contributed by atoms with E-state index in [1.807, 2.05) is 31.0 Å². The van der Waals surface area contributed by atoms with Crippen LogP contribution in [0.3, 0.4) is 0 Å². The van der Waals surface area contributed by atoms with Crippen molar-refractivity contribution in [2.45, 2.75) is 13.5 Å². The first-order valence-electron chi connectivity index (χ1n) is 7.03. The molecule has 6 heteroatoms. The standard InChI is InChI=1S/C17H17Br2FN2O/c1-11-7-14(18)17(15(19)8-11)21-16(23)10-22(2)9-12-3-5-13(20)6-4-12/h3-8H,9-10H2,1-2H3,(H,21,23). The topological polar surface area (TPSA) is 32.3 Å². The molecular weight excluding hydrogens is 427 g/mol. The maximum atomic E-state index is 12.9. The minimum Gasteiger partial charge on any atom is -0.323 e. The molecule has 0 saturated heterocycles. The predicted octanol–water partition coefficient (Wildman–Crippen LogP) is 4.73. The van der Waals surface area contributed by atoms with E-state index < -0.39 is 0 Å². The summed E-state index contributed by atoms with van der Waals surface area (Å²) in [6.45, 7) is 2.80. The number of hydrogen-bond donors (Lipinski definition) is 1. The molecule has 0 aliphatic heterocycles. The van der Waals surface area contributed by atoms with Gasteiger partial charge in [-0.1, -0.05) is 12.1 Å². The lowest BCUT2D eigenvalue weighted by Crippen LogP contribution is -2.30. The fourth-order valence-electron chi connectivity index (χ4n) is 2.20. The third-order valence-electron chi connectivity index (χ3n) is 3.23. The van der Waals surface area contributed by atoms with Crippen molar-refractivity contribution in [1.82, 2.24) is 4.90 Å². The summed E-state index contributed by atoms with van der Waals surface area (Å²) in [5.41, 5.74) is 2.77. The molecule has 2 aromatic rings. The maximum Gasteiger partial charge on any atom is 0.238 e. The van der Waals surface area contributed by atoms with Crippen molar-refractivity contribution in [3.8, 4) is 0 Å². The Morgan fingerprint density at radius 2 is 1.74 bits per heavy atom. The number of halogens is 3. The van der Waals surface area contributed by atoms with Crippen LogP contribution in [0, 0.1) is 12.7 Å². The third-order valence-corrected chi connectivity index (χ3v) is 4.48. The number of rotatable bonds is 5. The Morgan fingerprint density at radius 1 is 1.17 bits per heavy atom. The first kappa shape index (κ1) is 18.1. The van der Waals surface area contributed by atoms with E-state index in [2.05, 4.69) is 37.2 Å². The van der Waals surface area contributed by atoms with Crippen LogP contribution in [0.25, 0.3) is 0 Å². The molecule has 0 aliphatic rings. The number of aryl methyl sites for hydroxylation is 1. The zero-order valence-electron chi connectivity index (χ0n) is 12.9. The molecule has 0 radical (unpaired) electrons. The van der Waals surface area contributed by atoms with Crippen LogP contribution in [0.5, 0.6) is 0 Å². The van der Waals surface area contributed by atoms with Crippen molar-refractivity contribution < 1.29 is 9.18 Å². The van der Waals surface area contributed by atoms with E-state index in [-0.39, 0.29) is 18.3 Å². The van der Waals surface area contributed by atoms with E-state index in [0.717, 1.165) is 25.8 Å². The minimum absolute atomic E-state index is 0.111. The second-order valence-electron chi connectivity index (χ2n) is 5.45. The fourth-order valence-corrected chi connectivity index (χ4v) is 3.81. The molecule has 2 aromatic carbocycles. The van der Waals surface area contributed by atoms with Gasteiger partial charge >= 0.3 is 0 Å². The smallest absolute Gasteiger partial charge is 0.238 e. The number of nitrogens with zero attached hydrogens (tertiary/aromatic N) is 1. The monoisotopic (exact) mass is 442 g/mol. The van der Waals surface area contributed by atoms with Crippen LogP contribution in [-0.2, 0) is 11.3 Å². The van der Waals surface area contributed by atoms with Gasteiger partial charge in [-0.25, -0.2) is 4.39 Å². The van der Waals surface area contributed by atoms with E-state index in [1.54, 1.807) is 12.1 Å². The summed E-state index contributed by atoms with van der Waals surface area (Å²) in [5.74, 6) is -0.372. The van der Waals surface area contributed by atoms with Gasteiger partial charge < -0.3 is 5.32 Å². The van der Waals surface area contributed by atoms with Gasteiger partial charge in [0.25, 0.3) is 0 Å². The van der Waals surface area contributed by atoms with Gasteiger partial charge in [-0.05, 0) is 81.2 Å². The Balaban J connectivity index is 1.95. The molecule has 0 atom stereocenters. The Morgan fingerprint density at radius 3 is 2.30 bits per heavy atom. The van der Waals surface area contributed by atoms with Gasteiger partial charge in [0.2, 0.25) is 5.91 Å². The summed E-state index contributed by atoms with van der Waals surface area (Å²) in [4.78, 5) is 14.1. The number of amides is 1. The first-order chi connectivity index (χ1) is 10.8. The Hall–Kier alpha value is -1.24. The quantitative estimate of drug-likeness (QED) is 0.724. The van der Waals surface area contributed by atoms with Gasteiger partial charge in [-0.15, -0.1) is 0 Å². The third kappa shape index (κ3) is 5.41. The summed E-state index contributed by atoms with van der Waals surface area (Å²) in [6, 6.07) is 10.2. The molecule has 0 bridgehead atoms. The molecule has 1 amide bonds. The summed E-state index contributed by atoms with van der Waals surface area (Å²) in [5, 5.41) is 2.90. The molecule has 0 fully saturated rings.